The highest BCUT2D eigenvalue weighted by Gasteiger charge is 2.34. The summed E-state index contributed by atoms with van der Waals surface area (Å²) in [7, 11) is 0. The van der Waals surface area contributed by atoms with Crippen molar-refractivity contribution >= 4 is 11.6 Å². The summed E-state index contributed by atoms with van der Waals surface area (Å²) in [6.07, 6.45) is 11.8. The third-order valence-corrected chi connectivity index (χ3v) is 3.20. The standard InChI is InChI=1S/C13H10O2/c14-10-6-7-11(15)13-9-3-1-2-8(4-5-9)12(10)13/h1-2,4-9H,3H2. The Morgan fingerprint density at radius 2 is 1.67 bits per heavy atom. The van der Waals surface area contributed by atoms with Crippen LogP contribution in [0.4, 0.5) is 0 Å². The number of hydrogen-bond acceptors (Lipinski definition) is 2. The number of carbonyl (C=O) groups is 2. The largest absolute Gasteiger partial charge is 0.290 e. The number of hydrogen-bond donors (Lipinski definition) is 0. The first-order valence-electron chi connectivity index (χ1n) is 5.13. The molecule has 2 nitrogen and oxygen atoms in total. The van der Waals surface area contributed by atoms with Gasteiger partial charge in [0.1, 0.15) is 0 Å². The summed E-state index contributed by atoms with van der Waals surface area (Å²) in [4.78, 5) is 23.5. The van der Waals surface area contributed by atoms with Crippen molar-refractivity contribution in [2.24, 2.45) is 11.8 Å². The van der Waals surface area contributed by atoms with Gasteiger partial charge in [-0.05, 0) is 18.6 Å². The second-order valence-corrected chi connectivity index (χ2v) is 4.07. The van der Waals surface area contributed by atoms with E-state index in [2.05, 4.69) is 6.08 Å². The van der Waals surface area contributed by atoms with Gasteiger partial charge in [-0.2, -0.15) is 0 Å². The third kappa shape index (κ3) is 1.11. The van der Waals surface area contributed by atoms with E-state index in [1.54, 1.807) is 0 Å². The van der Waals surface area contributed by atoms with Crippen LogP contribution in [-0.2, 0) is 9.59 Å². The minimum absolute atomic E-state index is 0.00417. The minimum atomic E-state index is -0.00417. The zero-order chi connectivity index (χ0) is 10.4. The number of allylic oxidation sites excluding steroid dienone is 8. The minimum Gasteiger partial charge on any atom is -0.290 e. The lowest BCUT2D eigenvalue weighted by molar-refractivity contribution is -0.115. The molecule has 0 aromatic carbocycles. The molecular formula is C13H10O2. The van der Waals surface area contributed by atoms with Gasteiger partial charge >= 0.3 is 0 Å². The molecule has 0 heterocycles. The van der Waals surface area contributed by atoms with Crippen LogP contribution in [0.2, 0.25) is 0 Å². The average molecular weight is 198 g/mol. The Labute approximate surface area is 87.7 Å². The van der Waals surface area contributed by atoms with Crippen LogP contribution in [0.3, 0.4) is 0 Å². The molecule has 2 unspecified atom stereocenters. The number of fused-ring (bicyclic) bond motifs is 1. The van der Waals surface area contributed by atoms with Crippen LogP contribution >= 0.6 is 0 Å². The molecule has 0 fully saturated rings. The van der Waals surface area contributed by atoms with Gasteiger partial charge in [-0.1, -0.05) is 24.3 Å². The van der Waals surface area contributed by atoms with E-state index in [9.17, 15) is 9.59 Å². The van der Waals surface area contributed by atoms with Crippen molar-refractivity contribution < 1.29 is 9.59 Å². The lowest BCUT2D eigenvalue weighted by Gasteiger charge is -2.24. The molecule has 0 saturated heterocycles. The molecule has 0 radical (unpaired) electrons. The summed E-state index contributed by atoms with van der Waals surface area (Å²) in [5.74, 6) is 0.125. The van der Waals surface area contributed by atoms with Gasteiger partial charge in [0.2, 0.25) is 0 Å². The van der Waals surface area contributed by atoms with Gasteiger partial charge in [-0.15, -0.1) is 0 Å². The summed E-state index contributed by atoms with van der Waals surface area (Å²) in [6.45, 7) is 0. The Balaban J connectivity index is 2.21. The van der Waals surface area contributed by atoms with Gasteiger partial charge < -0.3 is 0 Å². The van der Waals surface area contributed by atoms with Crippen molar-refractivity contribution in [1.29, 1.82) is 0 Å². The van der Waals surface area contributed by atoms with Crippen LogP contribution in [-0.4, -0.2) is 11.6 Å². The van der Waals surface area contributed by atoms with Crippen molar-refractivity contribution in [3.05, 3.63) is 47.6 Å². The molecule has 4 aliphatic carbocycles. The molecule has 2 heteroatoms. The number of ketones is 2. The molecule has 4 aliphatic rings. The van der Waals surface area contributed by atoms with E-state index in [1.165, 1.54) is 12.2 Å². The normalized spacial score (nSPS) is 32.3. The fourth-order valence-corrected chi connectivity index (χ4v) is 2.50. The second-order valence-electron chi connectivity index (χ2n) is 4.07. The van der Waals surface area contributed by atoms with Gasteiger partial charge in [0.05, 0.1) is 0 Å². The Bertz CT molecular complexity index is 473. The maximum Gasteiger partial charge on any atom is 0.183 e. The Kier molecular flexibility index (Phi) is 1.66. The molecular weight excluding hydrogens is 188 g/mol. The Morgan fingerprint density at radius 1 is 0.933 bits per heavy atom. The molecule has 0 saturated carbocycles. The molecule has 0 N–H and O–H groups in total. The Morgan fingerprint density at radius 3 is 2.47 bits per heavy atom. The number of carbonyl (C=O) groups excluding carboxylic acids is 2. The molecule has 0 aromatic rings. The van der Waals surface area contributed by atoms with Crippen LogP contribution in [0.15, 0.2) is 47.6 Å². The molecule has 2 bridgehead atoms. The monoisotopic (exact) mass is 198 g/mol. The lowest BCUT2D eigenvalue weighted by Crippen LogP contribution is -2.24. The average Bonchev–Trinajstić information content (AvgIpc) is 2.57. The molecule has 15 heavy (non-hydrogen) atoms. The Hall–Kier alpha value is -1.70. The first-order chi connectivity index (χ1) is 7.27. The SMILES string of the molecule is O=C1C=CC(=O)C2=C1C1C=CCC2C=C1. The van der Waals surface area contributed by atoms with Gasteiger partial charge in [0, 0.05) is 23.0 Å². The van der Waals surface area contributed by atoms with E-state index in [4.69, 9.17) is 0 Å². The highest BCUT2D eigenvalue weighted by molar-refractivity contribution is 6.21. The van der Waals surface area contributed by atoms with Crippen molar-refractivity contribution in [2.45, 2.75) is 6.42 Å². The summed E-state index contributed by atoms with van der Waals surface area (Å²) in [6, 6.07) is 0. The molecule has 0 amide bonds. The fourth-order valence-electron chi connectivity index (χ4n) is 2.50. The van der Waals surface area contributed by atoms with Crippen LogP contribution in [0.5, 0.6) is 0 Å². The van der Waals surface area contributed by atoms with Crippen LogP contribution in [0.25, 0.3) is 0 Å². The van der Waals surface area contributed by atoms with Crippen molar-refractivity contribution in [2.75, 3.05) is 0 Å². The van der Waals surface area contributed by atoms with Crippen LogP contribution < -0.4 is 0 Å². The highest BCUT2D eigenvalue weighted by atomic mass is 16.1. The lowest BCUT2D eigenvalue weighted by atomic mass is 9.77. The van der Waals surface area contributed by atoms with Gasteiger partial charge in [0.15, 0.2) is 11.6 Å². The summed E-state index contributed by atoms with van der Waals surface area (Å²) in [5, 5.41) is 0. The van der Waals surface area contributed by atoms with E-state index in [0.717, 1.165) is 12.0 Å². The van der Waals surface area contributed by atoms with Gasteiger partial charge in [0.25, 0.3) is 0 Å². The quantitative estimate of drug-likeness (QED) is 0.439. The van der Waals surface area contributed by atoms with Crippen molar-refractivity contribution in [3.63, 3.8) is 0 Å². The first kappa shape index (κ1) is 8.60. The molecule has 4 rings (SSSR count). The zero-order valence-electron chi connectivity index (χ0n) is 8.14. The molecule has 0 aromatic heterocycles. The summed E-state index contributed by atoms with van der Waals surface area (Å²) in [5.41, 5.74) is 1.42. The van der Waals surface area contributed by atoms with Gasteiger partial charge in [-0.3, -0.25) is 9.59 Å². The highest BCUT2D eigenvalue weighted by Crippen LogP contribution is 2.38. The zero-order valence-corrected chi connectivity index (χ0v) is 8.14. The maximum absolute atomic E-state index is 11.8. The predicted octanol–water partition coefficient (Wildman–Crippen LogP) is 1.75. The molecule has 74 valence electrons. The maximum atomic E-state index is 11.8. The second kappa shape index (κ2) is 2.89. The van der Waals surface area contributed by atoms with Crippen molar-refractivity contribution in [3.8, 4) is 0 Å². The van der Waals surface area contributed by atoms with E-state index < -0.39 is 0 Å². The third-order valence-electron chi connectivity index (χ3n) is 3.20. The van der Waals surface area contributed by atoms with Crippen LogP contribution in [0, 0.1) is 11.8 Å². The topological polar surface area (TPSA) is 34.1 Å². The molecule has 0 spiro atoms. The number of rotatable bonds is 0. The smallest absolute Gasteiger partial charge is 0.183 e. The summed E-state index contributed by atoms with van der Waals surface area (Å²) >= 11 is 0. The molecule has 2 atom stereocenters. The molecule has 0 aliphatic heterocycles. The van der Waals surface area contributed by atoms with Crippen molar-refractivity contribution in [1.82, 2.24) is 0 Å². The van der Waals surface area contributed by atoms with E-state index >= 15 is 0 Å². The van der Waals surface area contributed by atoms with E-state index in [1.807, 2.05) is 18.2 Å². The predicted molar refractivity (Wildman–Crippen MR) is 56.1 cm³/mol. The fraction of sp³-hybridized carbons (Fsp3) is 0.231. The van der Waals surface area contributed by atoms with E-state index in [0.29, 0.717) is 5.57 Å². The first-order valence-corrected chi connectivity index (χ1v) is 5.13. The van der Waals surface area contributed by atoms with E-state index in [-0.39, 0.29) is 23.4 Å². The summed E-state index contributed by atoms with van der Waals surface area (Å²) < 4.78 is 0. The van der Waals surface area contributed by atoms with Gasteiger partial charge in [-0.25, -0.2) is 0 Å². The van der Waals surface area contributed by atoms with Crippen LogP contribution in [0.1, 0.15) is 6.42 Å².